The molecule has 1 saturated heterocycles. The van der Waals surface area contributed by atoms with Crippen molar-refractivity contribution in [1.82, 2.24) is 4.90 Å². The zero-order chi connectivity index (χ0) is 12.3. The van der Waals surface area contributed by atoms with E-state index < -0.39 is 0 Å². The summed E-state index contributed by atoms with van der Waals surface area (Å²) in [5.41, 5.74) is 7.46. The molecule has 0 atom stereocenters. The maximum Gasteiger partial charge on any atom is 0.132 e. The molecule has 0 aliphatic carbocycles. The Labute approximate surface area is 101 Å². The van der Waals surface area contributed by atoms with Gasteiger partial charge in [-0.15, -0.1) is 4.91 Å². The molecule has 92 valence electrons. The molecule has 2 N–H and O–H groups in total. The van der Waals surface area contributed by atoms with E-state index in [1.165, 1.54) is 0 Å². The van der Waals surface area contributed by atoms with Gasteiger partial charge in [-0.3, -0.25) is 0 Å². The van der Waals surface area contributed by atoms with E-state index in [1.807, 2.05) is 6.07 Å². The summed E-state index contributed by atoms with van der Waals surface area (Å²) < 4.78 is 0. The largest absolute Gasteiger partial charge is 0.397 e. The lowest BCUT2D eigenvalue weighted by Crippen LogP contribution is -2.46. The van der Waals surface area contributed by atoms with Crippen molar-refractivity contribution >= 4 is 17.1 Å². The summed E-state index contributed by atoms with van der Waals surface area (Å²) in [7, 11) is 0. The molecular formula is C12H18N4O. The van der Waals surface area contributed by atoms with Gasteiger partial charge < -0.3 is 15.5 Å². The van der Waals surface area contributed by atoms with E-state index in [0.717, 1.165) is 38.4 Å². The van der Waals surface area contributed by atoms with Crippen LogP contribution in [0.5, 0.6) is 0 Å². The maximum absolute atomic E-state index is 10.6. The number of nitrogen functional groups attached to an aromatic ring is 1. The monoisotopic (exact) mass is 234 g/mol. The predicted octanol–water partition coefficient (Wildman–Crippen LogP) is 1.81. The van der Waals surface area contributed by atoms with E-state index >= 15 is 0 Å². The van der Waals surface area contributed by atoms with Gasteiger partial charge in [0.05, 0.1) is 5.69 Å². The maximum atomic E-state index is 10.6. The van der Waals surface area contributed by atoms with Crippen LogP contribution in [0.2, 0.25) is 0 Å². The number of nitroso groups, excluding NO2 is 1. The molecule has 1 fully saturated rings. The number of hydrogen-bond donors (Lipinski definition) is 1. The number of nitrogens with zero attached hydrogens (tertiary/aromatic N) is 3. The smallest absolute Gasteiger partial charge is 0.132 e. The first-order valence-corrected chi connectivity index (χ1v) is 5.94. The minimum atomic E-state index is 0.334. The Bertz CT molecular complexity index is 399. The van der Waals surface area contributed by atoms with Crippen LogP contribution in [0.3, 0.4) is 0 Å². The van der Waals surface area contributed by atoms with Crippen molar-refractivity contribution in [3.05, 3.63) is 23.1 Å². The first kappa shape index (κ1) is 11.9. The summed E-state index contributed by atoms with van der Waals surface area (Å²) in [6.45, 7) is 7.35. The quantitative estimate of drug-likeness (QED) is 0.640. The number of hydrogen-bond acceptors (Lipinski definition) is 5. The molecule has 0 radical (unpaired) electrons. The van der Waals surface area contributed by atoms with Crippen LogP contribution in [-0.4, -0.2) is 37.6 Å². The fourth-order valence-corrected chi connectivity index (χ4v) is 2.13. The first-order chi connectivity index (χ1) is 8.24. The van der Waals surface area contributed by atoms with Crippen LogP contribution in [0.25, 0.3) is 0 Å². The van der Waals surface area contributed by atoms with Gasteiger partial charge in [-0.05, 0) is 29.9 Å². The van der Waals surface area contributed by atoms with Crippen molar-refractivity contribution in [2.45, 2.75) is 6.92 Å². The summed E-state index contributed by atoms with van der Waals surface area (Å²) in [4.78, 5) is 15.3. The highest BCUT2D eigenvalue weighted by Crippen LogP contribution is 2.28. The van der Waals surface area contributed by atoms with Crippen molar-refractivity contribution < 1.29 is 0 Å². The summed E-state index contributed by atoms with van der Waals surface area (Å²) in [6.07, 6.45) is 0. The highest BCUT2D eigenvalue weighted by atomic mass is 16.3. The minimum Gasteiger partial charge on any atom is -0.397 e. The predicted molar refractivity (Wildman–Crippen MR) is 70.6 cm³/mol. The number of likely N-dealkylation sites (N-methyl/N-ethyl adjacent to an activating group) is 1. The summed E-state index contributed by atoms with van der Waals surface area (Å²) in [5.74, 6) is 0. The van der Waals surface area contributed by atoms with Crippen LogP contribution in [0, 0.1) is 4.91 Å². The fourth-order valence-electron chi connectivity index (χ4n) is 2.13. The van der Waals surface area contributed by atoms with Crippen LogP contribution in [0.15, 0.2) is 23.4 Å². The average Bonchev–Trinajstić information content (AvgIpc) is 2.39. The van der Waals surface area contributed by atoms with Crippen LogP contribution in [-0.2, 0) is 0 Å². The molecule has 0 spiro atoms. The third-order valence-electron chi connectivity index (χ3n) is 3.30. The highest BCUT2D eigenvalue weighted by Gasteiger charge is 2.16. The van der Waals surface area contributed by atoms with Gasteiger partial charge in [-0.2, -0.15) is 0 Å². The average molecular weight is 234 g/mol. The molecule has 0 aromatic heterocycles. The Kier molecular flexibility index (Phi) is 3.58. The van der Waals surface area contributed by atoms with Crippen molar-refractivity contribution in [1.29, 1.82) is 0 Å². The SMILES string of the molecule is CCN1CCN(c2ccc(N)c(N=O)c2)CC1. The van der Waals surface area contributed by atoms with Crippen LogP contribution >= 0.6 is 0 Å². The Balaban J connectivity index is 2.10. The van der Waals surface area contributed by atoms with Gasteiger partial charge in [0.2, 0.25) is 0 Å². The van der Waals surface area contributed by atoms with Gasteiger partial charge in [0.15, 0.2) is 0 Å². The van der Waals surface area contributed by atoms with E-state index in [-0.39, 0.29) is 0 Å². The third kappa shape index (κ3) is 2.55. The molecule has 0 saturated carbocycles. The summed E-state index contributed by atoms with van der Waals surface area (Å²) in [6, 6.07) is 5.47. The van der Waals surface area contributed by atoms with E-state index in [9.17, 15) is 4.91 Å². The van der Waals surface area contributed by atoms with Crippen LogP contribution in [0.4, 0.5) is 17.1 Å². The molecule has 1 aromatic carbocycles. The molecule has 0 amide bonds. The van der Waals surface area contributed by atoms with E-state index in [0.29, 0.717) is 11.4 Å². The zero-order valence-corrected chi connectivity index (χ0v) is 10.1. The Morgan fingerprint density at radius 1 is 1.29 bits per heavy atom. The van der Waals surface area contributed by atoms with E-state index in [4.69, 9.17) is 5.73 Å². The number of nitrogens with two attached hydrogens (primary N) is 1. The number of benzene rings is 1. The number of anilines is 2. The molecule has 0 unspecified atom stereocenters. The second-order valence-corrected chi connectivity index (χ2v) is 4.26. The molecule has 1 aliphatic rings. The van der Waals surface area contributed by atoms with Gasteiger partial charge in [-0.1, -0.05) is 6.92 Å². The van der Waals surface area contributed by atoms with E-state index in [2.05, 4.69) is 21.9 Å². The molecule has 5 nitrogen and oxygen atoms in total. The van der Waals surface area contributed by atoms with Gasteiger partial charge in [0.1, 0.15) is 5.69 Å². The topological polar surface area (TPSA) is 61.9 Å². The van der Waals surface area contributed by atoms with Crippen LogP contribution < -0.4 is 10.6 Å². The van der Waals surface area contributed by atoms with E-state index in [1.54, 1.807) is 12.1 Å². The Morgan fingerprint density at radius 2 is 2.00 bits per heavy atom. The zero-order valence-electron chi connectivity index (χ0n) is 10.1. The normalized spacial score (nSPS) is 17.1. The molecule has 17 heavy (non-hydrogen) atoms. The number of rotatable bonds is 3. The lowest BCUT2D eigenvalue weighted by Gasteiger charge is -2.35. The fraction of sp³-hybridized carbons (Fsp3) is 0.500. The van der Waals surface area contributed by atoms with Crippen molar-refractivity contribution in [2.24, 2.45) is 5.18 Å². The lowest BCUT2D eigenvalue weighted by molar-refractivity contribution is 0.271. The molecule has 1 aromatic rings. The van der Waals surface area contributed by atoms with Crippen molar-refractivity contribution in [3.63, 3.8) is 0 Å². The van der Waals surface area contributed by atoms with Gasteiger partial charge in [-0.25, -0.2) is 0 Å². The summed E-state index contributed by atoms with van der Waals surface area (Å²) >= 11 is 0. The molecule has 2 rings (SSSR count). The van der Waals surface area contributed by atoms with Crippen LogP contribution in [0.1, 0.15) is 6.92 Å². The number of piperazine rings is 1. The first-order valence-electron chi connectivity index (χ1n) is 5.94. The highest BCUT2D eigenvalue weighted by molar-refractivity contribution is 5.69. The molecule has 0 bridgehead atoms. The molecule has 5 heteroatoms. The minimum absolute atomic E-state index is 0.334. The lowest BCUT2D eigenvalue weighted by atomic mass is 10.2. The Hall–Kier alpha value is -1.62. The van der Waals surface area contributed by atoms with Gasteiger partial charge in [0, 0.05) is 31.9 Å². The summed E-state index contributed by atoms with van der Waals surface area (Å²) in [5, 5.41) is 2.94. The van der Waals surface area contributed by atoms with Crippen molar-refractivity contribution in [3.8, 4) is 0 Å². The molecule has 1 aliphatic heterocycles. The second-order valence-electron chi connectivity index (χ2n) is 4.26. The standard InChI is InChI=1S/C12H18N4O/c1-2-15-5-7-16(8-6-15)10-3-4-11(13)12(9-10)14-17/h3-4,9H,2,5-8,13H2,1H3. The Morgan fingerprint density at radius 3 is 2.59 bits per heavy atom. The third-order valence-corrected chi connectivity index (χ3v) is 3.30. The van der Waals surface area contributed by atoms with Gasteiger partial charge >= 0.3 is 0 Å². The molecular weight excluding hydrogens is 216 g/mol. The molecule has 1 heterocycles. The second kappa shape index (κ2) is 5.14. The van der Waals surface area contributed by atoms with Gasteiger partial charge in [0.25, 0.3) is 0 Å². The van der Waals surface area contributed by atoms with Crippen molar-refractivity contribution in [2.75, 3.05) is 43.4 Å².